The van der Waals surface area contributed by atoms with Gasteiger partial charge in [-0.2, -0.15) is 0 Å². The molecule has 0 radical (unpaired) electrons. The monoisotopic (exact) mass is 800 g/mol. The van der Waals surface area contributed by atoms with Crippen molar-refractivity contribution >= 4 is 19.8 Å². The number of phosphoric acid groups is 1. The third kappa shape index (κ3) is 40.2. The van der Waals surface area contributed by atoms with Crippen molar-refractivity contribution in [3.8, 4) is 0 Å². The third-order valence-electron chi connectivity index (χ3n) is 9.42. The number of rotatable bonds is 42. The van der Waals surface area contributed by atoms with Gasteiger partial charge in [0.05, 0.1) is 19.8 Å². The van der Waals surface area contributed by atoms with E-state index < -0.39 is 45.1 Å². The molecule has 0 aliphatic heterocycles. The Morgan fingerprint density at radius 2 is 1.00 bits per heavy atom. The molecule has 55 heavy (non-hydrogen) atoms. The van der Waals surface area contributed by atoms with E-state index in [1.54, 1.807) is 0 Å². The lowest BCUT2D eigenvalue weighted by molar-refractivity contribution is -0.154. The van der Waals surface area contributed by atoms with Crippen LogP contribution in [-0.2, 0) is 32.7 Å². The molecule has 3 unspecified atom stereocenters. The molecular weight excluding hydrogens is 717 g/mol. The van der Waals surface area contributed by atoms with Crippen LogP contribution in [0.15, 0.2) is 36.5 Å². The summed E-state index contributed by atoms with van der Waals surface area (Å²) < 4.78 is 33.3. The standard InChI is InChI=1S/C44H82NO9P/c1-3-5-7-9-11-13-15-17-18-19-20-21-22-23-24-25-26-28-30-32-34-36-43(46)54-41(39-52-55(49,50)53-40-42(45)44(47)48)38-51-37-35-33-31-29-27-16-14-12-10-8-6-4-2/h15,17,19-20,22-23,41-42H,3-14,16,18,21,24-40,45H2,1-2H3,(H,47,48)(H,49,50)/b17-15-,20-19-,23-22-. The number of carbonyl (C=O) groups excluding carboxylic acids is 1. The number of nitrogens with two attached hydrogens (primary N) is 1. The van der Waals surface area contributed by atoms with E-state index in [1.807, 2.05) is 0 Å². The molecule has 0 aromatic heterocycles. The maximum absolute atomic E-state index is 12.6. The summed E-state index contributed by atoms with van der Waals surface area (Å²) in [6.07, 6.45) is 44.8. The molecule has 0 saturated heterocycles. The number of allylic oxidation sites excluding steroid dienone is 6. The minimum absolute atomic E-state index is 0.0137. The smallest absolute Gasteiger partial charge is 0.472 e. The fourth-order valence-corrected chi connectivity index (χ4v) is 6.74. The van der Waals surface area contributed by atoms with E-state index in [1.165, 1.54) is 96.3 Å². The van der Waals surface area contributed by atoms with E-state index in [4.69, 9.17) is 29.4 Å². The van der Waals surface area contributed by atoms with Crippen molar-refractivity contribution in [3.63, 3.8) is 0 Å². The van der Waals surface area contributed by atoms with E-state index >= 15 is 0 Å². The lowest BCUT2D eigenvalue weighted by atomic mass is 10.1. The van der Waals surface area contributed by atoms with Crippen LogP contribution >= 0.6 is 7.82 Å². The Morgan fingerprint density at radius 3 is 1.49 bits per heavy atom. The van der Waals surface area contributed by atoms with Gasteiger partial charge >= 0.3 is 19.8 Å². The van der Waals surface area contributed by atoms with Crippen LogP contribution in [0.3, 0.4) is 0 Å². The summed E-state index contributed by atoms with van der Waals surface area (Å²) in [5.74, 6) is -1.79. The van der Waals surface area contributed by atoms with E-state index in [0.717, 1.165) is 70.6 Å². The maximum Gasteiger partial charge on any atom is 0.472 e. The number of hydrogen-bond donors (Lipinski definition) is 3. The number of aliphatic carboxylic acids is 1. The zero-order chi connectivity index (χ0) is 40.5. The minimum atomic E-state index is -4.62. The summed E-state index contributed by atoms with van der Waals surface area (Å²) in [6, 6.07) is -1.47. The molecule has 0 amide bonds. The van der Waals surface area contributed by atoms with Crippen LogP contribution < -0.4 is 5.73 Å². The zero-order valence-electron chi connectivity index (χ0n) is 35.0. The van der Waals surface area contributed by atoms with E-state index in [2.05, 4.69) is 50.3 Å². The molecule has 11 heteroatoms. The second-order valence-corrected chi connectivity index (χ2v) is 16.3. The Kier molecular flexibility index (Phi) is 39.1. The van der Waals surface area contributed by atoms with Gasteiger partial charge in [-0.1, -0.05) is 172 Å². The van der Waals surface area contributed by atoms with Gasteiger partial charge < -0.3 is 25.2 Å². The highest BCUT2D eigenvalue weighted by molar-refractivity contribution is 7.47. The largest absolute Gasteiger partial charge is 0.480 e. The second kappa shape index (κ2) is 40.4. The molecule has 3 atom stereocenters. The topological polar surface area (TPSA) is 155 Å². The first-order valence-electron chi connectivity index (χ1n) is 22.0. The summed E-state index contributed by atoms with van der Waals surface area (Å²) >= 11 is 0. The molecule has 0 aliphatic rings. The van der Waals surface area contributed by atoms with Crippen LogP contribution in [-0.4, -0.2) is 60.5 Å². The second-order valence-electron chi connectivity index (χ2n) is 14.8. The van der Waals surface area contributed by atoms with Gasteiger partial charge in [-0.15, -0.1) is 0 Å². The van der Waals surface area contributed by atoms with Gasteiger partial charge in [-0.3, -0.25) is 18.6 Å². The predicted molar refractivity (Wildman–Crippen MR) is 226 cm³/mol. The molecule has 322 valence electrons. The highest BCUT2D eigenvalue weighted by Gasteiger charge is 2.27. The van der Waals surface area contributed by atoms with Crippen LogP contribution in [0.1, 0.15) is 194 Å². The number of hydrogen-bond acceptors (Lipinski definition) is 8. The quantitative estimate of drug-likeness (QED) is 0.0235. The minimum Gasteiger partial charge on any atom is -0.480 e. The summed E-state index contributed by atoms with van der Waals surface area (Å²) in [5, 5.41) is 8.89. The van der Waals surface area contributed by atoms with Crippen molar-refractivity contribution in [2.24, 2.45) is 5.73 Å². The molecule has 0 bridgehead atoms. The van der Waals surface area contributed by atoms with Crippen molar-refractivity contribution in [2.45, 2.75) is 206 Å². The van der Waals surface area contributed by atoms with Crippen LogP contribution in [0.5, 0.6) is 0 Å². The summed E-state index contributed by atoms with van der Waals surface area (Å²) in [6.45, 7) is 3.86. The average molecular weight is 800 g/mol. The van der Waals surface area contributed by atoms with Gasteiger partial charge in [0.2, 0.25) is 0 Å². The van der Waals surface area contributed by atoms with Crippen LogP contribution in [0.25, 0.3) is 0 Å². The number of ether oxygens (including phenoxy) is 2. The number of phosphoric ester groups is 1. The summed E-state index contributed by atoms with van der Waals surface area (Å²) in [4.78, 5) is 33.5. The summed E-state index contributed by atoms with van der Waals surface area (Å²) in [5.41, 5.74) is 5.35. The SMILES string of the molecule is CCCCCCC/C=C\C/C=C\C/C=C\CCCCCCCCC(=O)OC(COCCCCCCCCCCCCCC)COP(=O)(O)OCC(N)C(=O)O. The van der Waals surface area contributed by atoms with E-state index in [0.29, 0.717) is 13.0 Å². The third-order valence-corrected chi connectivity index (χ3v) is 10.4. The van der Waals surface area contributed by atoms with Crippen LogP contribution in [0.2, 0.25) is 0 Å². The van der Waals surface area contributed by atoms with Crippen molar-refractivity contribution in [3.05, 3.63) is 36.5 Å². The van der Waals surface area contributed by atoms with Gasteiger partial charge in [0.15, 0.2) is 0 Å². The normalized spacial score (nSPS) is 14.3. The Hall–Kier alpha value is -1.81. The Bertz CT molecular complexity index is 1020. The molecule has 0 fully saturated rings. The molecule has 0 aromatic rings. The van der Waals surface area contributed by atoms with Crippen molar-refractivity contribution in [1.29, 1.82) is 0 Å². The molecule has 0 heterocycles. The first-order valence-corrected chi connectivity index (χ1v) is 23.5. The van der Waals surface area contributed by atoms with Crippen molar-refractivity contribution < 1.29 is 42.7 Å². The lowest BCUT2D eigenvalue weighted by Crippen LogP contribution is -2.34. The first-order chi connectivity index (χ1) is 26.7. The first kappa shape index (κ1) is 53.2. The highest BCUT2D eigenvalue weighted by Crippen LogP contribution is 2.43. The van der Waals surface area contributed by atoms with Crippen LogP contribution in [0, 0.1) is 0 Å². The maximum atomic E-state index is 12.6. The molecule has 0 spiro atoms. The van der Waals surface area contributed by atoms with Gasteiger partial charge in [0, 0.05) is 13.0 Å². The van der Waals surface area contributed by atoms with Crippen molar-refractivity contribution in [1.82, 2.24) is 0 Å². The van der Waals surface area contributed by atoms with E-state index in [-0.39, 0.29) is 13.0 Å². The van der Waals surface area contributed by atoms with Gasteiger partial charge in [-0.05, 0) is 51.4 Å². The molecule has 4 N–H and O–H groups in total. The Labute approximate surface area is 336 Å². The Morgan fingerprint density at radius 1 is 0.582 bits per heavy atom. The number of esters is 1. The van der Waals surface area contributed by atoms with Gasteiger partial charge in [0.1, 0.15) is 12.1 Å². The Balaban J connectivity index is 4.23. The molecule has 10 nitrogen and oxygen atoms in total. The van der Waals surface area contributed by atoms with Crippen molar-refractivity contribution in [2.75, 3.05) is 26.4 Å². The lowest BCUT2D eigenvalue weighted by Gasteiger charge is -2.20. The number of carboxylic acid groups (broad SMARTS) is 1. The fourth-order valence-electron chi connectivity index (χ4n) is 5.96. The molecule has 0 aliphatic carbocycles. The number of carboxylic acids is 1. The molecule has 0 rings (SSSR count). The molecular formula is C44H82NO9P. The number of unbranched alkanes of at least 4 members (excludes halogenated alkanes) is 22. The average Bonchev–Trinajstić information content (AvgIpc) is 3.16. The van der Waals surface area contributed by atoms with E-state index in [9.17, 15) is 19.0 Å². The zero-order valence-corrected chi connectivity index (χ0v) is 35.9. The number of carbonyl (C=O) groups is 2. The predicted octanol–water partition coefficient (Wildman–Crippen LogP) is 12.1. The van der Waals surface area contributed by atoms with Gasteiger partial charge in [-0.25, -0.2) is 4.57 Å². The van der Waals surface area contributed by atoms with Crippen LogP contribution in [0.4, 0.5) is 0 Å². The summed E-state index contributed by atoms with van der Waals surface area (Å²) in [7, 11) is -4.62. The fraction of sp³-hybridized carbons (Fsp3) is 0.818. The molecule has 0 aromatic carbocycles. The molecule has 0 saturated carbocycles. The highest BCUT2D eigenvalue weighted by atomic mass is 31.2. The van der Waals surface area contributed by atoms with Gasteiger partial charge in [0.25, 0.3) is 0 Å².